The van der Waals surface area contributed by atoms with Crippen molar-refractivity contribution < 1.29 is 4.74 Å². The van der Waals surface area contributed by atoms with E-state index in [1.54, 1.807) is 16.8 Å². The van der Waals surface area contributed by atoms with Crippen LogP contribution in [0.4, 0.5) is 0 Å². The molecule has 0 spiro atoms. The summed E-state index contributed by atoms with van der Waals surface area (Å²) in [6.45, 7) is 3.89. The molecule has 0 aliphatic heterocycles. The van der Waals surface area contributed by atoms with E-state index in [1.165, 1.54) is 0 Å². The van der Waals surface area contributed by atoms with Gasteiger partial charge < -0.3 is 4.74 Å². The lowest BCUT2D eigenvalue weighted by atomic mass is 10.2. The van der Waals surface area contributed by atoms with E-state index >= 15 is 0 Å². The van der Waals surface area contributed by atoms with Crippen LogP contribution >= 0.6 is 11.6 Å². The summed E-state index contributed by atoms with van der Waals surface area (Å²) in [5, 5.41) is 18.4. The van der Waals surface area contributed by atoms with Gasteiger partial charge in [0.1, 0.15) is 5.75 Å². The van der Waals surface area contributed by atoms with Crippen molar-refractivity contribution in [3.05, 3.63) is 34.5 Å². The van der Waals surface area contributed by atoms with E-state index in [-0.39, 0.29) is 0 Å². The summed E-state index contributed by atoms with van der Waals surface area (Å²) in [6, 6.07) is 5.36. The Morgan fingerprint density at radius 2 is 2.10 bits per heavy atom. The molecule has 3 rings (SSSR count). The maximum Gasteiger partial charge on any atom is 0.220 e. The lowest BCUT2D eigenvalue weighted by Gasteiger charge is -2.09. The lowest BCUT2D eigenvalue weighted by molar-refractivity contribution is 0.428. The Morgan fingerprint density at radius 3 is 2.67 bits per heavy atom. The number of rotatable bonds is 3. The molecule has 7 nitrogen and oxygen atoms in total. The van der Waals surface area contributed by atoms with Crippen LogP contribution in [-0.2, 0) is 7.05 Å². The molecule has 0 saturated carbocycles. The minimum Gasteiger partial charge on any atom is -0.437 e. The standard InChI is InChI=1S/C13H13ClN6O/c1-7-8(2)17-20(3)13(7)21-11-5-4-9(6-10(11)14)12-15-18-19-16-12/h4-6H,1-3H3,(H,15,16,18,19). The average molecular weight is 305 g/mol. The monoisotopic (exact) mass is 304 g/mol. The van der Waals surface area contributed by atoms with Crippen LogP contribution in [0, 0.1) is 13.8 Å². The molecule has 0 aliphatic carbocycles. The summed E-state index contributed by atoms with van der Waals surface area (Å²) in [4.78, 5) is 0. The average Bonchev–Trinajstić information content (AvgIpc) is 3.05. The molecule has 2 heterocycles. The quantitative estimate of drug-likeness (QED) is 0.804. The van der Waals surface area contributed by atoms with Crippen molar-refractivity contribution in [3.8, 4) is 23.0 Å². The van der Waals surface area contributed by atoms with E-state index in [1.807, 2.05) is 27.0 Å². The second-order valence-electron chi connectivity index (χ2n) is 4.64. The zero-order valence-corrected chi connectivity index (χ0v) is 12.5. The van der Waals surface area contributed by atoms with Crippen molar-refractivity contribution in [1.82, 2.24) is 30.4 Å². The summed E-state index contributed by atoms with van der Waals surface area (Å²) in [5.74, 6) is 1.78. The fraction of sp³-hybridized carbons (Fsp3) is 0.231. The smallest absolute Gasteiger partial charge is 0.220 e. The molecule has 0 aliphatic rings. The molecule has 108 valence electrons. The number of aromatic amines is 1. The van der Waals surface area contributed by atoms with E-state index in [0.717, 1.165) is 16.8 Å². The first-order valence-electron chi connectivity index (χ1n) is 6.28. The minimum atomic E-state index is 0.474. The molecule has 8 heteroatoms. The number of halogens is 1. The Balaban J connectivity index is 1.93. The molecule has 0 radical (unpaired) electrons. The lowest BCUT2D eigenvalue weighted by Crippen LogP contribution is -1.96. The molecule has 0 saturated heterocycles. The number of H-pyrrole nitrogens is 1. The van der Waals surface area contributed by atoms with Crippen LogP contribution in [0.1, 0.15) is 11.3 Å². The molecular weight excluding hydrogens is 292 g/mol. The third-order valence-corrected chi connectivity index (χ3v) is 3.51. The van der Waals surface area contributed by atoms with Crippen LogP contribution in [0.25, 0.3) is 11.4 Å². The number of aryl methyl sites for hydroxylation is 2. The van der Waals surface area contributed by atoms with Gasteiger partial charge >= 0.3 is 0 Å². The summed E-state index contributed by atoms with van der Waals surface area (Å²) < 4.78 is 7.56. The van der Waals surface area contributed by atoms with Gasteiger partial charge in [-0.05, 0) is 42.5 Å². The highest BCUT2D eigenvalue weighted by Crippen LogP contribution is 2.33. The van der Waals surface area contributed by atoms with Gasteiger partial charge in [0.05, 0.1) is 10.7 Å². The number of hydrogen-bond donors (Lipinski definition) is 1. The summed E-state index contributed by atoms with van der Waals surface area (Å²) in [5.41, 5.74) is 2.69. The highest BCUT2D eigenvalue weighted by molar-refractivity contribution is 6.32. The van der Waals surface area contributed by atoms with E-state index < -0.39 is 0 Å². The number of benzene rings is 1. The van der Waals surface area contributed by atoms with E-state index in [4.69, 9.17) is 16.3 Å². The van der Waals surface area contributed by atoms with Crippen molar-refractivity contribution in [2.75, 3.05) is 0 Å². The van der Waals surface area contributed by atoms with Gasteiger partial charge in [-0.3, -0.25) is 0 Å². The first kappa shape index (κ1) is 13.6. The molecule has 0 amide bonds. The molecular formula is C13H13ClN6O. The predicted molar refractivity (Wildman–Crippen MR) is 77.4 cm³/mol. The summed E-state index contributed by atoms with van der Waals surface area (Å²) >= 11 is 6.27. The highest BCUT2D eigenvalue weighted by atomic mass is 35.5. The number of aromatic nitrogens is 6. The highest BCUT2D eigenvalue weighted by Gasteiger charge is 2.14. The zero-order valence-electron chi connectivity index (χ0n) is 11.8. The van der Waals surface area contributed by atoms with Crippen LogP contribution < -0.4 is 4.74 Å². The second kappa shape index (κ2) is 5.17. The molecule has 0 bridgehead atoms. The zero-order chi connectivity index (χ0) is 15.0. The molecule has 0 unspecified atom stereocenters. The second-order valence-corrected chi connectivity index (χ2v) is 5.04. The van der Waals surface area contributed by atoms with Crippen molar-refractivity contribution in [3.63, 3.8) is 0 Å². The SMILES string of the molecule is Cc1nn(C)c(Oc2ccc(-c3nnn[nH]3)cc2Cl)c1C. The van der Waals surface area contributed by atoms with Gasteiger partial charge in [-0.15, -0.1) is 5.10 Å². The molecule has 2 aromatic heterocycles. The number of nitrogens with one attached hydrogen (secondary N) is 1. The number of tetrazole rings is 1. The first-order valence-corrected chi connectivity index (χ1v) is 6.65. The summed E-state index contributed by atoms with van der Waals surface area (Å²) in [6.07, 6.45) is 0. The largest absolute Gasteiger partial charge is 0.437 e. The third-order valence-electron chi connectivity index (χ3n) is 3.21. The van der Waals surface area contributed by atoms with Crippen LogP contribution in [-0.4, -0.2) is 30.4 Å². The maximum atomic E-state index is 6.27. The number of nitrogens with zero attached hydrogens (tertiary/aromatic N) is 5. The van der Waals surface area contributed by atoms with Crippen LogP contribution in [0.5, 0.6) is 11.6 Å². The van der Waals surface area contributed by atoms with Gasteiger partial charge in [-0.1, -0.05) is 11.6 Å². The molecule has 21 heavy (non-hydrogen) atoms. The van der Waals surface area contributed by atoms with E-state index in [0.29, 0.717) is 22.5 Å². The first-order chi connectivity index (χ1) is 10.1. The summed E-state index contributed by atoms with van der Waals surface area (Å²) in [7, 11) is 1.83. The maximum absolute atomic E-state index is 6.27. The van der Waals surface area contributed by atoms with Crippen molar-refractivity contribution in [2.24, 2.45) is 7.05 Å². The topological polar surface area (TPSA) is 81.5 Å². The van der Waals surface area contributed by atoms with Crippen LogP contribution in [0.15, 0.2) is 18.2 Å². The normalized spacial score (nSPS) is 10.9. The molecule has 0 atom stereocenters. The van der Waals surface area contributed by atoms with Gasteiger partial charge in [0.15, 0.2) is 5.82 Å². The third kappa shape index (κ3) is 2.47. The van der Waals surface area contributed by atoms with Gasteiger partial charge in [0, 0.05) is 18.2 Å². The Kier molecular flexibility index (Phi) is 3.34. The number of hydrogen-bond acceptors (Lipinski definition) is 5. The Morgan fingerprint density at radius 1 is 1.29 bits per heavy atom. The Bertz CT molecular complexity index is 780. The fourth-order valence-corrected chi connectivity index (χ4v) is 2.22. The van der Waals surface area contributed by atoms with Crippen LogP contribution in [0.3, 0.4) is 0 Å². The van der Waals surface area contributed by atoms with Gasteiger partial charge in [-0.2, -0.15) is 5.10 Å². The predicted octanol–water partition coefficient (Wildman–Crippen LogP) is 2.66. The van der Waals surface area contributed by atoms with Crippen molar-refractivity contribution in [1.29, 1.82) is 0 Å². The van der Waals surface area contributed by atoms with Gasteiger partial charge in [-0.25, -0.2) is 9.78 Å². The minimum absolute atomic E-state index is 0.474. The van der Waals surface area contributed by atoms with E-state index in [2.05, 4.69) is 25.7 Å². The Hall–Kier alpha value is -2.41. The molecule has 1 aromatic carbocycles. The molecule has 1 N–H and O–H groups in total. The van der Waals surface area contributed by atoms with Crippen molar-refractivity contribution in [2.45, 2.75) is 13.8 Å². The van der Waals surface area contributed by atoms with Crippen molar-refractivity contribution >= 4 is 11.6 Å². The molecule has 0 fully saturated rings. The number of ether oxygens (including phenoxy) is 1. The molecule has 3 aromatic rings. The Labute approximate surface area is 125 Å². The van der Waals surface area contributed by atoms with E-state index in [9.17, 15) is 0 Å². The van der Waals surface area contributed by atoms with Gasteiger partial charge in [0.2, 0.25) is 5.88 Å². The fourth-order valence-electron chi connectivity index (χ4n) is 2.00. The van der Waals surface area contributed by atoms with Gasteiger partial charge in [0.25, 0.3) is 0 Å². The van der Waals surface area contributed by atoms with Crippen LogP contribution in [0.2, 0.25) is 5.02 Å².